The number of imidazole rings is 1. The number of hydrogen-bond donors (Lipinski definition) is 2. The maximum absolute atomic E-state index is 12.6. The topological polar surface area (TPSA) is 190 Å². The lowest BCUT2D eigenvalue weighted by Crippen LogP contribution is -2.48. The van der Waals surface area contributed by atoms with E-state index in [1.807, 2.05) is 20.8 Å². The van der Waals surface area contributed by atoms with Crippen LogP contribution in [-0.4, -0.2) is 44.5 Å². The summed E-state index contributed by atoms with van der Waals surface area (Å²) in [6, 6.07) is 0. The molecule has 0 amide bonds. The van der Waals surface area contributed by atoms with Crippen molar-refractivity contribution in [2.24, 2.45) is 7.05 Å². The zero-order chi connectivity index (χ0) is 23.3. The van der Waals surface area contributed by atoms with E-state index in [2.05, 4.69) is 16.5 Å². The van der Waals surface area contributed by atoms with Crippen molar-refractivity contribution in [3.63, 3.8) is 0 Å². The smallest absolute Gasteiger partial charge is 0.332 e. The minimum absolute atomic E-state index is 0.0290. The van der Waals surface area contributed by atoms with E-state index in [0.29, 0.717) is 6.61 Å². The van der Waals surface area contributed by atoms with Gasteiger partial charge in [0, 0.05) is 20.2 Å². The van der Waals surface area contributed by atoms with Crippen LogP contribution < -0.4 is 32.5 Å². The molecule has 6 N–H and O–H groups in total. The summed E-state index contributed by atoms with van der Waals surface area (Å²) >= 11 is 0. The third-order valence-electron chi connectivity index (χ3n) is 3.60. The van der Waals surface area contributed by atoms with E-state index in [9.17, 15) is 23.9 Å². The van der Waals surface area contributed by atoms with Crippen molar-refractivity contribution in [1.29, 1.82) is 0 Å². The molecule has 0 saturated heterocycles. The molecule has 2 aromatic rings. The van der Waals surface area contributed by atoms with Crippen LogP contribution >= 0.6 is 7.60 Å². The standard InChI is InChI=1S/C13H21N4O6P.2C2H7N/c1-3-23-9-16-8-14-11-10(16)12(18)17(13(19)15(11)2)6-4-5-7-24(20,21)22;2*1-2-3/h8H,3-7,9H2,1-2H3,(H2,20,21,22);2*2-3H2,1H3. The Labute approximate surface area is 175 Å². The molecule has 0 aliphatic rings. The first-order chi connectivity index (χ1) is 14.1. The highest BCUT2D eigenvalue weighted by atomic mass is 31.2. The Morgan fingerprint density at radius 1 is 1.13 bits per heavy atom. The lowest BCUT2D eigenvalue weighted by atomic mass is 10.3. The van der Waals surface area contributed by atoms with Crippen LogP contribution in [0.15, 0.2) is 15.9 Å². The number of ether oxygens (including phenoxy) is 1. The summed E-state index contributed by atoms with van der Waals surface area (Å²) in [7, 11) is -3.07. The summed E-state index contributed by atoms with van der Waals surface area (Å²) in [5.41, 5.74) is 6.41. The second-order valence-corrected chi connectivity index (χ2v) is 8.02. The second-order valence-electron chi connectivity index (χ2n) is 6.35. The zero-order valence-electron chi connectivity index (χ0n) is 18.3. The summed E-state index contributed by atoms with van der Waals surface area (Å²) < 4.78 is 19.7. The summed E-state index contributed by atoms with van der Waals surface area (Å²) in [6.45, 7) is 8.47. The Hall–Kier alpha value is -1.82. The third kappa shape index (κ3) is 8.90. The molecule has 0 radical (unpaired) electrons. The van der Waals surface area contributed by atoms with Crippen LogP contribution in [0.5, 0.6) is 0 Å². The van der Waals surface area contributed by atoms with Crippen molar-refractivity contribution in [3.8, 4) is 0 Å². The van der Waals surface area contributed by atoms with Gasteiger partial charge in [0.15, 0.2) is 11.2 Å². The van der Waals surface area contributed by atoms with E-state index in [-0.39, 0.29) is 37.3 Å². The molecule has 0 saturated carbocycles. The van der Waals surface area contributed by atoms with Gasteiger partial charge >= 0.3 is 5.69 Å². The molecular formula is C17H35N6O6P. The maximum atomic E-state index is 12.6. The van der Waals surface area contributed by atoms with Crippen molar-refractivity contribution < 1.29 is 30.6 Å². The van der Waals surface area contributed by atoms with Gasteiger partial charge in [0.2, 0.25) is 0 Å². The summed E-state index contributed by atoms with van der Waals surface area (Å²) in [4.78, 5) is 50.2. The highest BCUT2D eigenvalue weighted by Crippen LogP contribution is 2.24. The van der Waals surface area contributed by atoms with Gasteiger partial charge in [0.1, 0.15) is 6.73 Å². The molecule has 0 unspecified atom stereocenters. The molecule has 0 aromatic carbocycles. The van der Waals surface area contributed by atoms with Crippen molar-refractivity contribution in [2.75, 3.05) is 25.9 Å². The van der Waals surface area contributed by atoms with E-state index < -0.39 is 25.0 Å². The van der Waals surface area contributed by atoms with Crippen LogP contribution in [0.4, 0.5) is 0 Å². The van der Waals surface area contributed by atoms with E-state index >= 15 is 0 Å². The Balaban J connectivity index is 0.00000125. The molecule has 30 heavy (non-hydrogen) atoms. The zero-order valence-corrected chi connectivity index (χ0v) is 19.2. The number of hydrogen-bond acceptors (Lipinski definition) is 7. The number of quaternary nitrogens is 2. The normalized spacial score (nSPS) is 10.9. The van der Waals surface area contributed by atoms with Gasteiger partial charge in [0.25, 0.3) is 5.56 Å². The fourth-order valence-electron chi connectivity index (χ4n) is 2.38. The molecule has 0 aliphatic heterocycles. The number of aromatic nitrogens is 4. The fraction of sp³-hybridized carbons (Fsp3) is 0.706. The Kier molecular flexibility index (Phi) is 13.4. The Bertz CT molecular complexity index is 914. The quantitative estimate of drug-likeness (QED) is 0.318. The summed E-state index contributed by atoms with van der Waals surface area (Å²) in [5.74, 6) is 0. The van der Waals surface area contributed by atoms with Crippen molar-refractivity contribution in [2.45, 2.75) is 46.9 Å². The number of aryl methyl sites for hydroxylation is 1. The molecule has 0 bridgehead atoms. The molecule has 2 rings (SSSR count). The SMILES string of the molecule is CCOCn1cnc2c1c(=O)n(CCCCP(=O)([O-])[O-])c(=O)n2C.CC[NH3+].CC[NH3+]. The van der Waals surface area contributed by atoms with Gasteiger partial charge in [-0.1, -0.05) is 7.60 Å². The lowest BCUT2D eigenvalue weighted by Gasteiger charge is -2.29. The Morgan fingerprint density at radius 3 is 2.20 bits per heavy atom. The van der Waals surface area contributed by atoms with E-state index in [1.165, 1.54) is 22.5 Å². The fourth-order valence-corrected chi connectivity index (χ4v) is 2.99. The predicted molar refractivity (Wildman–Crippen MR) is 109 cm³/mol. The molecule has 174 valence electrons. The molecule has 2 aromatic heterocycles. The maximum Gasteiger partial charge on any atom is 0.332 e. The lowest BCUT2D eigenvalue weighted by molar-refractivity contribution is -0.362. The summed E-state index contributed by atoms with van der Waals surface area (Å²) in [5, 5.41) is 0. The van der Waals surface area contributed by atoms with Gasteiger partial charge in [-0.25, -0.2) is 9.78 Å². The monoisotopic (exact) mass is 450 g/mol. The van der Waals surface area contributed by atoms with Crippen LogP contribution in [-0.2, 0) is 29.6 Å². The molecule has 12 nitrogen and oxygen atoms in total. The minimum atomic E-state index is -4.57. The highest BCUT2D eigenvalue weighted by molar-refractivity contribution is 7.48. The average Bonchev–Trinajstić information content (AvgIpc) is 3.08. The number of unbranched alkanes of at least 4 members (excludes halogenated alkanes) is 1. The van der Waals surface area contributed by atoms with Gasteiger partial charge in [-0.05, 0) is 39.8 Å². The molecule has 0 spiro atoms. The van der Waals surface area contributed by atoms with Crippen LogP contribution in [0.1, 0.15) is 33.6 Å². The molecule has 0 aliphatic carbocycles. The average molecular weight is 450 g/mol. The largest absolute Gasteiger partial charge is 0.811 e. The number of rotatable bonds is 8. The van der Waals surface area contributed by atoms with Crippen LogP contribution in [0.2, 0.25) is 0 Å². The van der Waals surface area contributed by atoms with Crippen molar-refractivity contribution in [3.05, 3.63) is 27.2 Å². The van der Waals surface area contributed by atoms with Crippen LogP contribution in [0, 0.1) is 0 Å². The number of fused-ring (bicyclic) bond motifs is 1. The van der Waals surface area contributed by atoms with Crippen molar-refractivity contribution >= 4 is 18.8 Å². The van der Waals surface area contributed by atoms with Gasteiger partial charge < -0.3 is 35.1 Å². The Morgan fingerprint density at radius 2 is 1.70 bits per heavy atom. The van der Waals surface area contributed by atoms with Crippen molar-refractivity contribution in [1.82, 2.24) is 18.7 Å². The van der Waals surface area contributed by atoms with Gasteiger partial charge in [-0.15, -0.1) is 0 Å². The van der Waals surface area contributed by atoms with E-state index in [1.54, 1.807) is 0 Å². The first kappa shape index (κ1) is 28.2. The van der Waals surface area contributed by atoms with Crippen LogP contribution in [0.25, 0.3) is 11.2 Å². The summed E-state index contributed by atoms with van der Waals surface area (Å²) in [6.07, 6.45) is 1.26. The van der Waals surface area contributed by atoms with Gasteiger partial charge in [-0.2, -0.15) is 0 Å². The van der Waals surface area contributed by atoms with Gasteiger partial charge in [0.05, 0.1) is 19.4 Å². The predicted octanol–water partition coefficient (Wildman–Crippen LogP) is -2.92. The first-order valence-electron chi connectivity index (χ1n) is 9.91. The highest BCUT2D eigenvalue weighted by Gasteiger charge is 2.15. The molecular weight excluding hydrogens is 415 g/mol. The van der Waals surface area contributed by atoms with E-state index in [0.717, 1.165) is 17.7 Å². The molecule has 13 heteroatoms. The molecule has 0 atom stereocenters. The third-order valence-corrected chi connectivity index (χ3v) is 4.46. The molecule has 0 fully saturated rings. The second kappa shape index (κ2) is 14.2. The minimum Gasteiger partial charge on any atom is -0.811 e. The number of nitrogens with zero attached hydrogens (tertiary/aromatic N) is 4. The van der Waals surface area contributed by atoms with Gasteiger partial charge in [-0.3, -0.25) is 13.9 Å². The van der Waals surface area contributed by atoms with E-state index in [4.69, 9.17) is 4.74 Å². The first-order valence-corrected chi connectivity index (χ1v) is 11.6. The molecule has 2 heterocycles. The van der Waals surface area contributed by atoms with Crippen LogP contribution in [0.3, 0.4) is 0 Å².